The molecule has 0 aliphatic carbocycles. The molecule has 1 aromatic rings. The van der Waals surface area contributed by atoms with Crippen molar-refractivity contribution in [1.82, 2.24) is 10.7 Å². The second kappa shape index (κ2) is 4.57. The van der Waals surface area contributed by atoms with Crippen LogP contribution in [0.3, 0.4) is 0 Å². The van der Waals surface area contributed by atoms with Gasteiger partial charge >= 0.3 is 0 Å². The molecule has 0 aliphatic rings. The van der Waals surface area contributed by atoms with E-state index in [1.54, 1.807) is 0 Å². The monoisotopic (exact) mass is 229 g/mol. The molecule has 0 heterocycles. The molecule has 0 aromatic heterocycles. The van der Waals surface area contributed by atoms with Crippen molar-refractivity contribution in [2.75, 3.05) is 7.05 Å². The van der Waals surface area contributed by atoms with E-state index in [9.17, 15) is 0 Å². The van der Waals surface area contributed by atoms with E-state index >= 15 is 0 Å². The molecule has 0 fully saturated rings. The normalized spacial score (nSPS) is 12.9. The van der Waals surface area contributed by atoms with Crippen molar-refractivity contribution in [2.24, 2.45) is 5.84 Å². The van der Waals surface area contributed by atoms with Crippen molar-refractivity contribution in [3.8, 4) is 0 Å². The Labute approximate surface area is 80.4 Å². The largest absolute Gasteiger partial charge is 0.300 e. The van der Waals surface area contributed by atoms with Gasteiger partial charge in [-0.15, -0.1) is 0 Å². The van der Waals surface area contributed by atoms with Crippen LogP contribution in [-0.2, 0) is 0 Å². The summed E-state index contributed by atoms with van der Waals surface area (Å²) >= 11 is 3.37. The van der Waals surface area contributed by atoms with Crippen molar-refractivity contribution < 1.29 is 0 Å². The summed E-state index contributed by atoms with van der Waals surface area (Å²) in [6, 6.07) is 7.98. The van der Waals surface area contributed by atoms with Gasteiger partial charge in [0.2, 0.25) is 0 Å². The fourth-order valence-electron chi connectivity index (χ4n) is 1.00. The van der Waals surface area contributed by atoms with E-state index in [1.165, 1.54) is 0 Å². The Kier molecular flexibility index (Phi) is 3.68. The maximum Gasteiger partial charge on any atom is 0.0958 e. The molecule has 0 saturated carbocycles. The number of benzene rings is 1. The molecule has 0 spiro atoms. The summed E-state index contributed by atoms with van der Waals surface area (Å²) in [4.78, 5) is 0. The maximum absolute atomic E-state index is 5.33. The molecule has 0 bridgehead atoms. The van der Waals surface area contributed by atoms with Crippen LogP contribution in [0.4, 0.5) is 0 Å². The first-order chi connectivity index (χ1) is 5.77. The molecule has 0 aliphatic heterocycles. The van der Waals surface area contributed by atoms with E-state index < -0.39 is 0 Å². The Balaban J connectivity index is 2.80. The standard InChI is InChI=1S/C8H12BrN3/c1-11-8(12-10)6-2-4-7(9)5-3-6/h2-5,8,11-12H,10H2,1H3. The lowest BCUT2D eigenvalue weighted by Gasteiger charge is -2.14. The van der Waals surface area contributed by atoms with Crippen molar-refractivity contribution in [1.29, 1.82) is 0 Å². The third-order valence-corrected chi connectivity index (χ3v) is 2.19. The average molecular weight is 230 g/mol. The van der Waals surface area contributed by atoms with Gasteiger partial charge in [0.15, 0.2) is 0 Å². The smallest absolute Gasteiger partial charge is 0.0958 e. The van der Waals surface area contributed by atoms with Gasteiger partial charge in [-0.2, -0.15) is 0 Å². The van der Waals surface area contributed by atoms with E-state index in [0.29, 0.717) is 0 Å². The molecule has 0 saturated heterocycles. The Hall–Kier alpha value is -0.420. The highest BCUT2D eigenvalue weighted by molar-refractivity contribution is 9.10. The summed E-state index contributed by atoms with van der Waals surface area (Å²) in [6.45, 7) is 0. The fraction of sp³-hybridized carbons (Fsp3) is 0.250. The zero-order valence-electron chi connectivity index (χ0n) is 6.84. The molecule has 0 amide bonds. The van der Waals surface area contributed by atoms with Gasteiger partial charge in [0, 0.05) is 4.47 Å². The Morgan fingerprint density at radius 1 is 1.33 bits per heavy atom. The Morgan fingerprint density at radius 2 is 1.92 bits per heavy atom. The van der Waals surface area contributed by atoms with Crippen molar-refractivity contribution in [2.45, 2.75) is 6.17 Å². The van der Waals surface area contributed by atoms with Crippen LogP contribution < -0.4 is 16.6 Å². The molecule has 12 heavy (non-hydrogen) atoms. The van der Waals surface area contributed by atoms with Gasteiger partial charge in [-0.05, 0) is 24.7 Å². The lowest BCUT2D eigenvalue weighted by Crippen LogP contribution is -2.36. The number of hydrogen-bond acceptors (Lipinski definition) is 3. The molecule has 4 N–H and O–H groups in total. The SMILES string of the molecule is CNC(NN)c1ccc(Br)cc1. The van der Waals surface area contributed by atoms with E-state index in [4.69, 9.17) is 5.84 Å². The first kappa shape index (κ1) is 9.67. The van der Waals surface area contributed by atoms with E-state index in [0.717, 1.165) is 10.0 Å². The lowest BCUT2D eigenvalue weighted by atomic mass is 10.2. The van der Waals surface area contributed by atoms with Crippen LogP contribution in [-0.4, -0.2) is 7.05 Å². The molecule has 0 radical (unpaired) electrons. The number of rotatable bonds is 3. The lowest BCUT2D eigenvalue weighted by molar-refractivity contribution is 0.488. The van der Waals surface area contributed by atoms with Crippen LogP contribution in [0.1, 0.15) is 11.7 Å². The van der Waals surface area contributed by atoms with Crippen LogP contribution in [0.2, 0.25) is 0 Å². The molecule has 1 aromatic carbocycles. The number of hydrazine groups is 1. The van der Waals surface area contributed by atoms with E-state index in [1.807, 2.05) is 31.3 Å². The molecule has 4 heteroatoms. The zero-order chi connectivity index (χ0) is 8.97. The second-order valence-electron chi connectivity index (χ2n) is 2.44. The molecule has 1 unspecified atom stereocenters. The highest BCUT2D eigenvalue weighted by Gasteiger charge is 2.04. The average Bonchev–Trinajstić information content (AvgIpc) is 2.10. The molecular weight excluding hydrogens is 218 g/mol. The predicted octanol–water partition coefficient (Wildman–Crippen LogP) is 1.13. The van der Waals surface area contributed by atoms with Crippen LogP contribution in [0.5, 0.6) is 0 Å². The quantitative estimate of drug-likeness (QED) is 0.414. The number of nitrogens with one attached hydrogen (secondary N) is 2. The molecule has 66 valence electrons. The van der Waals surface area contributed by atoms with Crippen molar-refractivity contribution in [3.63, 3.8) is 0 Å². The second-order valence-corrected chi connectivity index (χ2v) is 3.36. The first-order valence-corrected chi connectivity index (χ1v) is 4.46. The minimum Gasteiger partial charge on any atom is -0.300 e. The van der Waals surface area contributed by atoms with Gasteiger partial charge < -0.3 is 5.32 Å². The van der Waals surface area contributed by atoms with Gasteiger partial charge in [-0.1, -0.05) is 28.1 Å². The summed E-state index contributed by atoms with van der Waals surface area (Å²) < 4.78 is 1.07. The summed E-state index contributed by atoms with van der Waals surface area (Å²) in [5, 5.41) is 3.04. The van der Waals surface area contributed by atoms with Crippen molar-refractivity contribution in [3.05, 3.63) is 34.3 Å². The minimum atomic E-state index is 0.0121. The summed E-state index contributed by atoms with van der Waals surface area (Å²) in [7, 11) is 1.85. The maximum atomic E-state index is 5.33. The van der Waals surface area contributed by atoms with Gasteiger partial charge in [-0.3, -0.25) is 5.84 Å². The van der Waals surface area contributed by atoms with Gasteiger partial charge in [0.25, 0.3) is 0 Å². The van der Waals surface area contributed by atoms with Gasteiger partial charge in [0.05, 0.1) is 6.17 Å². The van der Waals surface area contributed by atoms with Crippen LogP contribution in [0.25, 0.3) is 0 Å². The minimum absolute atomic E-state index is 0.0121. The van der Waals surface area contributed by atoms with E-state index in [2.05, 4.69) is 26.7 Å². The molecular formula is C8H12BrN3. The van der Waals surface area contributed by atoms with Gasteiger partial charge in [-0.25, -0.2) is 5.43 Å². The Bertz CT molecular complexity index is 231. The van der Waals surface area contributed by atoms with Crippen LogP contribution in [0.15, 0.2) is 28.7 Å². The zero-order valence-corrected chi connectivity index (χ0v) is 8.43. The predicted molar refractivity (Wildman–Crippen MR) is 53.3 cm³/mol. The third-order valence-electron chi connectivity index (χ3n) is 1.66. The topological polar surface area (TPSA) is 50.1 Å². The highest BCUT2D eigenvalue weighted by Crippen LogP contribution is 2.14. The number of nitrogens with two attached hydrogens (primary N) is 1. The van der Waals surface area contributed by atoms with Crippen molar-refractivity contribution >= 4 is 15.9 Å². The molecule has 3 nitrogen and oxygen atoms in total. The summed E-state index contributed by atoms with van der Waals surface area (Å²) in [5.41, 5.74) is 3.78. The molecule has 1 atom stereocenters. The highest BCUT2D eigenvalue weighted by atomic mass is 79.9. The van der Waals surface area contributed by atoms with E-state index in [-0.39, 0.29) is 6.17 Å². The third kappa shape index (κ3) is 2.28. The van der Waals surface area contributed by atoms with Crippen LogP contribution >= 0.6 is 15.9 Å². The molecule has 1 rings (SSSR count). The van der Waals surface area contributed by atoms with Gasteiger partial charge in [0.1, 0.15) is 0 Å². The number of hydrogen-bond donors (Lipinski definition) is 3. The Morgan fingerprint density at radius 3 is 2.33 bits per heavy atom. The first-order valence-electron chi connectivity index (χ1n) is 3.67. The van der Waals surface area contributed by atoms with Crippen LogP contribution in [0, 0.1) is 0 Å². The summed E-state index contributed by atoms with van der Waals surface area (Å²) in [5.74, 6) is 5.33. The fourth-order valence-corrected chi connectivity index (χ4v) is 1.27. The number of halogens is 1. The summed E-state index contributed by atoms with van der Waals surface area (Å²) in [6.07, 6.45) is 0.0121.